The molecule has 0 amide bonds. The van der Waals surface area contributed by atoms with E-state index in [9.17, 15) is 5.11 Å². The minimum atomic E-state index is -0.261. The van der Waals surface area contributed by atoms with E-state index in [1.807, 2.05) is 18.0 Å². The molecule has 2 aromatic heterocycles. The summed E-state index contributed by atoms with van der Waals surface area (Å²) in [7, 11) is 0. The van der Waals surface area contributed by atoms with Gasteiger partial charge in [0.1, 0.15) is 11.8 Å². The number of likely N-dealkylation sites (tertiary alicyclic amines) is 1. The van der Waals surface area contributed by atoms with Crippen molar-refractivity contribution in [3.05, 3.63) is 18.1 Å². The number of nitrogens with two attached hydrogens (primary N) is 1. The second kappa shape index (κ2) is 8.56. The number of aliphatic hydroxyl groups excluding tert-OH is 1. The van der Waals surface area contributed by atoms with Gasteiger partial charge in [0, 0.05) is 43.7 Å². The number of anilines is 1. The van der Waals surface area contributed by atoms with E-state index >= 15 is 0 Å². The molecule has 25 heavy (non-hydrogen) atoms. The van der Waals surface area contributed by atoms with Gasteiger partial charge in [-0.05, 0) is 24.3 Å². The molecule has 0 bridgehead atoms. The van der Waals surface area contributed by atoms with Gasteiger partial charge in [-0.25, -0.2) is 9.97 Å². The van der Waals surface area contributed by atoms with Crippen molar-refractivity contribution >= 4 is 28.6 Å². The fourth-order valence-corrected chi connectivity index (χ4v) is 4.48. The summed E-state index contributed by atoms with van der Waals surface area (Å²) < 4.78 is 0. The van der Waals surface area contributed by atoms with Gasteiger partial charge in [0.2, 0.25) is 0 Å². The molecule has 2 atom stereocenters. The first-order chi connectivity index (χ1) is 12.2. The molecule has 1 aliphatic heterocycles. The van der Waals surface area contributed by atoms with Crippen molar-refractivity contribution in [2.24, 2.45) is 5.92 Å². The molecule has 1 saturated heterocycles. The zero-order chi connectivity index (χ0) is 17.6. The molecule has 134 valence electrons. The molecule has 0 unspecified atom stereocenters. The lowest BCUT2D eigenvalue weighted by Crippen LogP contribution is -2.21. The number of terminal acetylenes is 1. The second-order valence-corrected chi connectivity index (χ2v) is 7.70. The number of H-pyrrole nitrogens is 1. The molecule has 7 heteroatoms. The van der Waals surface area contributed by atoms with Crippen LogP contribution in [-0.4, -0.2) is 55.7 Å². The summed E-state index contributed by atoms with van der Waals surface area (Å²) in [5.74, 6) is 5.58. The van der Waals surface area contributed by atoms with Crippen LogP contribution < -0.4 is 5.73 Å². The first kappa shape index (κ1) is 18.1. The Morgan fingerprint density at radius 1 is 1.40 bits per heavy atom. The van der Waals surface area contributed by atoms with Gasteiger partial charge in [-0.2, -0.15) is 11.8 Å². The first-order valence-corrected chi connectivity index (χ1v) is 9.82. The van der Waals surface area contributed by atoms with Crippen LogP contribution in [-0.2, 0) is 6.54 Å². The maximum Gasteiger partial charge on any atom is 0.151 e. The molecule has 0 spiro atoms. The van der Waals surface area contributed by atoms with E-state index in [-0.39, 0.29) is 6.10 Å². The Hall–Kier alpha value is -1.75. The van der Waals surface area contributed by atoms with Gasteiger partial charge < -0.3 is 15.8 Å². The third kappa shape index (κ3) is 4.46. The number of aliphatic hydroxyl groups is 1. The summed E-state index contributed by atoms with van der Waals surface area (Å²) in [6.07, 6.45) is 11.5. The molecule has 1 fully saturated rings. The van der Waals surface area contributed by atoms with Gasteiger partial charge in [-0.3, -0.25) is 4.90 Å². The van der Waals surface area contributed by atoms with E-state index in [4.69, 9.17) is 12.2 Å². The van der Waals surface area contributed by atoms with Crippen LogP contribution in [0.4, 0.5) is 5.82 Å². The van der Waals surface area contributed by atoms with Gasteiger partial charge in [-0.1, -0.05) is 0 Å². The van der Waals surface area contributed by atoms with Crippen LogP contribution in [0.1, 0.15) is 24.8 Å². The highest BCUT2D eigenvalue weighted by atomic mass is 32.2. The minimum absolute atomic E-state index is 0.261. The highest BCUT2D eigenvalue weighted by Crippen LogP contribution is 2.26. The normalized spacial score (nSPS) is 21.0. The molecule has 3 rings (SSSR count). The SMILES string of the molecule is C#CCCCCSC[C@H]1CN(Cc2c[nH]c3c(N)ncnc23)C[C@@H]1O. The number of thioether (sulfide) groups is 1. The van der Waals surface area contributed by atoms with Crippen LogP contribution >= 0.6 is 11.8 Å². The maximum atomic E-state index is 10.4. The fraction of sp³-hybridized carbons (Fsp3) is 0.556. The van der Waals surface area contributed by atoms with Gasteiger partial charge in [0.15, 0.2) is 5.82 Å². The summed E-state index contributed by atoms with van der Waals surface area (Å²) in [6.45, 7) is 2.37. The molecule has 2 aromatic rings. The Kier molecular flexibility index (Phi) is 6.19. The highest BCUT2D eigenvalue weighted by molar-refractivity contribution is 7.99. The average Bonchev–Trinajstić information content (AvgIpc) is 3.16. The monoisotopic (exact) mass is 359 g/mol. The summed E-state index contributed by atoms with van der Waals surface area (Å²) in [4.78, 5) is 13.8. The smallest absolute Gasteiger partial charge is 0.151 e. The summed E-state index contributed by atoms with van der Waals surface area (Å²) in [6, 6.07) is 0. The number of rotatable bonds is 8. The predicted molar refractivity (Wildman–Crippen MR) is 103 cm³/mol. The molecule has 0 radical (unpaired) electrons. The van der Waals surface area contributed by atoms with Crippen LogP contribution in [0.2, 0.25) is 0 Å². The lowest BCUT2D eigenvalue weighted by atomic mass is 10.1. The Balaban J connectivity index is 1.50. The van der Waals surface area contributed by atoms with Crippen LogP contribution in [0.3, 0.4) is 0 Å². The molecule has 0 saturated carbocycles. The zero-order valence-electron chi connectivity index (χ0n) is 14.3. The number of nitrogens with one attached hydrogen (secondary N) is 1. The summed E-state index contributed by atoms with van der Waals surface area (Å²) >= 11 is 1.92. The molecule has 4 N–H and O–H groups in total. The lowest BCUT2D eigenvalue weighted by molar-refractivity contribution is 0.149. The van der Waals surface area contributed by atoms with E-state index in [1.54, 1.807) is 0 Å². The number of hydrogen-bond acceptors (Lipinski definition) is 6. The number of hydrogen-bond donors (Lipinski definition) is 3. The third-order valence-electron chi connectivity index (χ3n) is 4.64. The molecular formula is C18H25N5OS. The van der Waals surface area contributed by atoms with Gasteiger partial charge in [0.05, 0.1) is 11.6 Å². The summed E-state index contributed by atoms with van der Waals surface area (Å²) in [5.41, 5.74) is 8.62. The standard InChI is InChI=1S/C18H25N5OS/c1-2-3-4-5-6-25-11-14-9-23(10-15(14)24)8-13-7-20-17-16(13)21-12-22-18(17)19/h1,7,12,14-15,20,24H,3-6,8-11H2,(H2,19,21,22)/t14-,15+/m1/s1. The Morgan fingerprint density at radius 3 is 3.12 bits per heavy atom. The topological polar surface area (TPSA) is 91.1 Å². The van der Waals surface area contributed by atoms with Crippen LogP contribution in [0, 0.1) is 18.3 Å². The molecule has 0 aromatic carbocycles. The third-order valence-corrected chi connectivity index (χ3v) is 5.88. The first-order valence-electron chi connectivity index (χ1n) is 8.67. The van der Waals surface area contributed by atoms with E-state index in [0.29, 0.717) is 18.3 Å². The Labute approximate surface area is 152 Å². The van der Waals surface area contributed by atoms with E-state index in [0.717, 1.165) is 60.5 Å². The lowest BCUT2D eigenvalue weighted by Gasteiger charge is -2.14. The number of β-amino-alcohol motifs (C(OH)–C–C–N with tert-alkyl or cyclic N) is 1. The van der Waals surface area contributed by atoms with Gasteiger partial charge >= 0.3 is 0 Å². The largest absolute Gasteiger partial charge is 0.391 e. The fourth-order valence-electron chi connectivity index (χ4n) is 3.27. The summed E-state index contributed by atoms with van der Waals surface area (Å²) in [5, 5.41) is 10.4. The number of unbranched alkanes of at least 4 members (excludes halogenated alkanes) is 2. The van der Waals surface area contributed by atoms with Gasteiger partial charge in [-0.15, -0.1) is 12.3 Å². The quantitative estimate of drug-likeness (QED) is 0.492. The zero-order valence-corrected chi connectivity index (χ0v) is 15.1. The van der Waals surface area contributed by atoms with Crippen molar-refractivity contribution in [2.45, 2.75) is 31.9 Å². The number of nitrogens with zero attached hydrogens (tertiary/aromatic N) is 3. The van der Waals surface area contributed by atoms with Crippen LogP contribution in [0.5, 0.6) is 0 Å². The molecular weight excluding hydrogens is 334 g/mol. The highest BCUT2D eigenvalue weighted by Gasteiger charge is 2.31. The van der Waals surface area contributed by atoms with Crippen molar-refractivity contribution in [3.63, 3.8) is 0 Å². The van der Waals surface area contributed by atoms with E-state index < -0.39 is 0 Å². The van der Waals surface area contributed by atoms with Crippen molar-refractivity contribution in [2.75, 3.05) is 30.3 Å². The second-order valence-electron chi connectivity index (χ2n) is 6.55. The molecule has 3 heterocycles. The minimum Gasteiger partial charge on any atom is -0.391 e. The number of nitrogen functional groups attached to an aromatic ring is 1. The molecule has 0 aliphatic carbocycles. The number of fused-ring (bicyclic) bond motifs is 1. The number of aromatic amines is 1. The van der Waals surface area contributed by atoms with Crippen LogP contribution in [0.15, 0.2) is 12.5 Å². The molecule has 1 aliphatic rings. The Morgan fingerprint density at radius 2 is 2.28 bits per heavy atom. The van der Waals surface area contributed by atoms with Crippen molar-refractivity contribution in [1.82, 2.24) is 19.9 Å². The van der Waals surface area contributed by atoms with E-state index in [2.05, 4.69) is 25.8 Å². The van der Waals surface area contributed by atoms with Crippen LogP contribution in [0.25, 0.3) is 11.0 Å². The van der Waals surface area contributed by atoms with Crippen molar-refractivity contribution < 1.29 is 5.11 Å². The predicted octanol–water partition coefficient (Wildman–Crippen LogP) is 1.87. The van der Waals surface area contributed by atoms with Gasteiger partial charge in [0.25, 0.3) is 0 Å². The van der Waals surface area contributed by atoms with Crippen molar-refractivity contribution in [1.29, 1.82) is 0 Å². The molecule has 6 nitrogen and oxygen atoms in total. The number of aromatic nitrogens is 3. The van der Waals surface area contributed by atoms with Crippen molar-refractivity contribution in [3.8, 4) is 12.3 Å². The van der Waals surface area contributed by atoms with E-state index in [1.165, 1.54) is 6.33 Å². The maximum absolute atomic E-state index is 10.4. The average molecular weight is 359 g/mol. The Bertz CT molecular complexity index is 741.